The van der Waals surface area contributed by atoms with E-state index in [0.29, 0.717) is 5.75 Å². The molecule has 0 aromatic rings. The second-order valence-corrected chi connectivity index (χ2v) is 6.16. The van der Waals surface area contributed by atoms with Gasteiger partial charge in [0.2, 0.25) is 10.0 Å². The zero-order chi connectivity index (χ0) is 10.0. The summed E-state index contributed by atoms with van der Waals surface area (Å²) in [6.07, 6.45) is 3.90. The van der Waals surface area contributed by atoms with Crippen molar-refractivity contribution in [3.63, 3.8) is 0 Å². The summed E-state index contributed by atoms with van der Waals surface area (Å²) < 4.78 is 25.1. The Morgan fingerprint density at radius 1 is 1.13 bits per heavy atom. The molecule has 2 saturated heterocycles. The molecule has 0 saturated carbocycles. The third-order valence-corrected chi connectivity index (χ3v) is 5.09. The van der Waals surface area contributed by atoms with E-state index in [4.69, 9.17) is 0 Å². The highest BCUT2D eigenvalue weighted by Gasteiger charge is 2.34. The molecule has 0 aliphatic carbocycles. The second kappa shape index (κ2) is 5.48. The first-order valence-electron chi connectivity index (χ1n) is 5.40. The van der Waals surface area contributed by atoms with Crippen molar-refractivity contribution in [2.75, 3.05) is 25.4 Å². The molecule has 6 heteroatoms. The summed E-state index contributed by atoms with van der Waals surface area (Å²) in [5.74, 6) is 0.358. The number of nitrogens with one attached hydrogen (secondary N) is 1. The fourth-order valence-corrected chi connectivity index (χ4v) is 4.16. The molecular formula is C9H19ClN2O2S. The molecular weight excluding hydrogens is 236 g/mol. The summed E-state index contributed by atoms with van der Waals surface area (Å²) in [4.78, 5) is 0. The van der Waals surface area contributed by atoms with Crippen molar-refractivity contribution in [3.05, 3.63) is 0 Å². The van der Waals surface area contributed by atoms with Gasteiger partial charge < -0.3 is 5.32 Å². The van der Waals surface area contributed by atoms with Crippen LogP contribution < -0.4 is 5.32 Å². The van der Waals surface area contributed by atoms with E-state index in [9.17, 15) is 8.42 Å². The van der Waals surface area contributed by atoms with Gasteiger partial charge in [-0.1, -0.05) is 0 Å². The number of rotatable bonds is 1. The average Bonchev–Trinajstić information content (AvgIpc) is 2.41. The van der Waals surface area contributed by atoms with Gasteiger partial charge in [0.25, 0.3) is 0 Å². The molecule has 2 aliphatic heterocycles. The van der Waals surface area contributed by atoms with Gasteiger partial charge in [-0.3, -0.25) is 0 Å². The predicted octanol–water partition coefficient (Wildman–Crippen LogP) is 0.586. The Balaban J connectivity index is 0.00000112. The topological polar surface area (TPSA) is 49.4 Å². The third kappa shape index (κ3) is 3.06. The molecule has 0 radical (unpaired) electrons. The van der Waals surface area contributed by atoms with Gasteiger partial charge in [-0.15, -0.1) is 12.4 Å². The van der Waals surface area contributed by atoms with Crippen LogP contribution in [0.2, 0.25) is 0 Å². The van der Waals surface area contributed by atoms with Crippen LogP contribution in [0.4, 0.5) is 0 Å². The number of halogens is 1. The van der Waals surface area contributed by atoms with Gasteiger partial charge in [0.05, 0.1) is 5.75 Å². The Kier molecular flexibility index (Phi) is 4.83. The first kappa shape index (κ1) is 13.2. The van der Waals surface area contributed by atoms with Crippen molar-refractivity contribution in [3.8, 4) is 0 Å². The summed E-state index contributed by atoms with van der Waals surface area (Å²) in [6, 6.07) is 0.262. The lowest BCUT2D eigenvalue weighted by Gasteiger charge is -2.24. The minimum Gasteiger partial charge on any atom is -0.317 e. The first-order chi connectivity index (χ1) is 6.70. The van der Waals surface area contributed by atoms with Crippen molar-refractivity contribution < 1.29 is 8.42 Å². The molecule has 1 atom stereocenters. The summed E-state index contributed by atoms with van der Waals surface area (Å²) in [6.45, 7) is 2.73. The molecule has 1 unspecified atom stereocenters. The summed E-state index contributed by atoms with van der Waals surface area (Å²) in [7, 11) is -2.90. The van der Waals surface area contributed by atoms with Gasteiger partial charge in [0.1, 0.15) is 0 Å². The van der Waals surface area contributed by atoms with Crippen LogP contribution >= 0.6 is 12.4 Å². The molecule has 4 nitrogen and oxygen atoms in total. The summed E-state index contributed by atoms with van der Waals surface area (Å²) in [5.41, 5.74) is 0. The maximum atomic E-state index is 11.7. The van der Waals surface area contributed by atoms with E-state index in [1.807, 2.05) is 0 Å². The molecule has 2 heterocycles. The standard InChI is InChI=1S/C9H18N2O2S.ClH/c12-14(13)8-2-7-11(14)9-3-1-5-10-6-4-9;/h9-10H,1-8H2;1H. The van der Waals surface area contributed by atoms with Gasteiger partial charge in [-0.05, 0) is 38.8 Å². The number of hydrogen-bond donors (Lipinski definition) is 1. The summed E-state index contributed by atoms with van der Waals surface area (Å²) >= 11 is 0. The van der Waals surface area contributed by atoms with Crippen molar-refractivity contribution in [1.82, 2.24) is 9.62 Å². The van der Waals surface area contributed by atoms with E-state index >= 15 is 0 Å². The maximum absolute atomic E-state index is 11.7. The van der Waals surface area contributed by atoms with Crippen molar-refractivity contribution in [2.45, 2.75) is 31.7 Å². The Morgan fingerprint density at radius 3 is 2.60 bits per heavy atom. The van der Waals surface area contributed by atoms with Crippen molar-refractivity contribution >= 4 is 22.4 Å². The van der Waals surface area contributed by atoms with Crippen LogP contribution in [0.5, 0.6) is 0 Å². The third-order valence-electron chi connectivity index (χ3n) is 3.09. The fraction of sp³-hybridized carbons (Fsp3) is 1.00. The predicted molar refractivity (Wildman–Crippen MR) is 62.9 cm³/mol. The van der Waals surface area contributed by atoms with Gasteiger partial charge >= 0.3 is 0 Å². The smallest absolute Gasteiger partial charge is 0.214 e. The molecule has 0 bridgehead atoms. The molecule has 90 valence electrons. The molecule has 0 amide bonds. The van der Waals surface area contributed by atoms with Crippen LogP contribution in [0.25, 0.3) is 0 Å². The lowest BCUT2D eigenvalue weighted by molar-refractivity contribution is 0.316. The monoisotopic (exact) mass is 254 g/mol. The number of nitrogens with zero attached hydrogens (tertiary/aromatic N) is 1. The van der Waals surface area contributed by atoms with Gasteiger partial charge in [0, 0.05) is 12.6 Å². The molecule has 0 spiro atoms. The Bertz CT molecular complexity index is 286. The molecule has 2 aliphatic rings. The lowest BCUT2D eigenvalue weighted by Crippen LogP contribution is -2.37. The van der Waals surface area contributed by atoms with Gasteiger partial charge in [-0.2, -0.15) is 4.31 Å². The van der Waals surface area contributed by atoms with Gasteiger partial charge in [0.15, 0.2) is 0 Å². The van der Waals surface area contributed by atoms with Crippen molar-refractivity contribution in [1.29, 1.82) is 0 Å². The van der Waals surface area contributed by atoms with E-state index in [0.717, 1.165) is 45.3 Å². The van der Waals surface area contributed by atoms with Gasteiger partial charge in [-0.25, -0.2) is 8.42 Å². The van der Waals surface area contributed by atoms with Crippen molar-refractivity contribution in [2.24, 2.45) is 0 Å². The molecule has 0 aromatic heterocycles. The van der Waals surface area contributed by atoms with Crippen LogP contribution in [0.1, 0.15) is 25.7 Å². The highest BCUT2D eigenvalue weighted by Crippen LogP contribution is 2.22. The highest BCUT2D eigenvalue weighted by atomic mass is 35.5. The van der Waals surface area contributed by atoms with E-state index in [-0.39, 0.29) is 18.4 Å². The summed E-state index contributed by atoms with van der Waals surface area (Å²) in [5, 5.41) is 3.31. The van der Waals surface area contributed by atoms with E-state index in [1.165, 1.54) is 0 Å². The SMILES string of the molecule is Cl.O=S1(=O)CCCN1C1CCCNCC1. The van der Waals surface area contributed by atoms with E-state index in [2.05, 4.69) is 5.32 Å². The second-order valence-electron chi connectivity index (χ2n) is 4.12. The minimum absolute atomic E-state index is 0. The fourth-order valence-electron chi connectivity index (χ4n) is 2.36. The van der Waals surface area contributed by atoms with Crippen LogP contribution in [0.3, 0.4) is 0 Å². The largest absolute Gasteiger partial charge is 0.317 e. The Labute approximate surface area is 97.9 Å². The number of hydrogen-bond acceptors (Lipinski definition) is 3. The van der Waals surface area contributed by atoms with Crippen LogP contribution in [0, 0.1) is 0 Å². The highest BCUT2D eigenvalue weighted by molar-refractivity contribution is 7.89. The first-order valence-corrected chi connectivity index (χ1v) is 7.01. The van der Waals surface area contributed by atoms with Crippen LogP contribution in [0.15, 0.2) is 0 Å². The maximum Gasteiger partial charge on any atom is 0.214 e. The van der Waals surface area contributed by atoms with Crippen LogP contribution in [-0.4, -0.2) is 44.2 Å². The molecule has 2 rings (SSSR count). The quantitative estimate of drug-likeness (QED) is 0.745. The normalized spacial score (nSPS) is 31.9. The zero-order valence-electron chi connectivity index (χ0n) is 8.81. The van der Waals surface area contributed by atoms with Crippen LogP contribution in [-0.2, 0) is 10.0 Å². The molecule has 15 heavy (non-hydrogen) atoms. The average molecular weight is 255 g/mol. The Hall–Kier alpha value is 0.160. The lowest BCUT2D eigenvalue weighted by atomic mass is 10.1. The molecule has 2 fully saturated rings. The molecule has 1 N–H and O–H groups in total. The minimum atomic E-state index is -2.90. The van der Waals surface area contributed by atoms with E-state index < -0.39 is 10.0 Å². The zero-order valence-corrected chi connectivity index (χ0v) is 10.4. The Morgan fingerprint density at radius 2 is 1.93 bits per heavy atom. The molecule has 0 aromatic carbocycles. The van der Waals surface area contributed by atoms with E-state index in [1.54, 1.807) is 4.31 Å². The number of sulfonamides is 1.